The van der Waals surface area contributed by atoms with Gasteiger partial charge in [0.1, 0.15) is 0 Å². The summed E-state index contributed by atoms with van der Waals surface area (Å²) < 4.78 is 0. The molecular weight excluding hydrogens is 242 g/mol. The van der Waals surface area contributed by atoms with E-state index in [-0.39, 0.29) is 0 Å². The minimum absolute atomic E-state index is 0.724. The Bertz CT molecular complexity index is 444. The average Bonchev–Trinajstić information content (AvgIpc) is 3.39. The first-order valence-corrected chi connectivity index (χ1v) is 8.66. The van der Waals surface area contributed by atoms with Gasteiger partial charge in [0.25, 0.3) is 0 Å². The summed E-state index contributed by atoms with van der Waals surface area (Å²) in [4.78, 5) is 0. The first-order valence-electron chi connectivity index (χ1n) is 8.66. The zero-order valence-electron chi connectivity index (χ0n) is 12.5. The predicted octanol–water partition coefficient (Wildman–Crippen LogP) is 4.49. The predicted molar refractivity (Wildman–Crippen MR) is 83.8 cm³/mol. The van der Waals surface area contributed by atoms with Gasteiger partial charge in [0.15, 0.2) is 0 Å². The van der Waals surface area contributed by atoms with Gasteiger partial charge in [-0.3, -0.25) is 0 Å². The Morgan fingerprint density at radius 1 is 0.950 bits per heavy atom. The van der Waals surface area contributed by atoms with Gasteiger partial charge in [-0.05, 0) is 61.3 Å². The monoisotopic (exact) mass is 269 g/mol. The second-order valence-electron chi connectivity index (χ2n) is 7.43. The van der Waals surface area contributed by atoms with Crippen LogP contribution < -0.4 is 5.32 Å². The zero-order valence-corrected chi connectivity index (χ0v) is 12.5. The summed E-state index contributed by atoms with van der Waals surface area (Å²) in [6.07, 6.45) is 11.6. The average molecular weight is 269 g/mol. The molecule has 3 saturated carbocycles. The van der Waals surface area contributed by atoms with Crippen molar-refractivity contribution in [2.24, 2.45) is 11.3 Å². The lowest BCUT2D eigenvalue weighted by molar-refractivity contribution is 0.291. The third kappa shape index (κ3) is 2.53. The second kappa shape index (κ2) is 5.18. The molecule has 3 aliphatic carbocycles. The molecule has 0 aliphatic heterocycles. The van der Waals surface area contributed by atoms with Crippen molar-refractivity contribution in [1.29, 1.82) is 0 Å². The third-order valence-electron chi connectivity index (χ3n) is 6.05. The summed E-state index contributed by atoms with van der Waals surface area (Å²) in [6.45, 7) is 1.30. The first-order chi connectivity index (χ1) is 9.87. The summed E-state index contributed by atoms with van der Waals surface area (Å²) in [5.41, 5.74) is 2.29. The van der Waals surface area contributed by atoms with Gasteiger partial charge in [-0.1, -0.05) is 43.2 Å². The van der Waals surface area contributed by atoms with E-state index in [4.69, 9.17) is 0 Å². The molecule has 3 fully saturated rings. The van der Waals surface area contributed by atoms with E-state index in [1.165, 1.54) is 57.9 Å². The quantitative estimate of drug-likeness (QED) is 0.830. The molecule has 2 unspecified atom stereocenters. The highest BCUT2D eigenvalue weighted by Crippen LogP contribution is 2.61. The molecule has 0 amide bonds. The van der Waals surface area contributed by atoms with E-state index in [2.05, 4.69) is 35.6 Å². The Kier molecular flexibility index (Phi) is 3.34. The summed E-state index contributed by atoms with van der Waals surface area (Å²) in [5.74, 6) is 1.83. The molecule has 108 valence electrons. The highest BCUT2D eigenvalue weighted by Gasteiger charge is 2.53. The van der Waals surface area contributed by atoms with Crippen LogP contribution in [0, 0.1) is 11.3 Å². The third-order valence-corrected chi connectivity index (χ3v) is 6.05. The van der Waals surface area contributed by atoms with Crippen LogP contribution in [0.4, 0.5) is 0 Å². The topological polar surface area (TPSA) is 12.0 Å². The van der Waals surface area contributed by atoms with Gasteiger partial charge in [0.05, 0.1) is 0 Å². The number of rotatable bonds is 5. The van der Waals surface area contributed by atoms with Crippen LogP contribution in [0.2, 0.25) is 0 Å². The van der Waals surface area contributed by atoms with Gasteiger partial charge in [-0.15, -0.1) is 0 Å². The van der Waals surface area contributed by atoms with Crippen molar-refractivity contribution in [1.82, 2.24) is 5.32 Å². The standard InChI is InChI=1S/C19H27N/c1-2-6-15(7-3-1)17-8-4-5-9-18(17)20-14-19(12-13-19)16-10-11-16/h1-3,6-7,16-18,20H,4-5,8-14H2. The zero-order chi connectivity index (χ0) is 13.4. The molecule has 0 bridgehead atoms. The van der Waals surface area contributed by atoms with E-state index in [0.717, 1.165) is 23.3 Å². The molecule has 1 N–H and O–H groups in total. The van der Waals surface area contributed by atoms with Crippen molar-refractivity contribution < 1.29 is 0 Å². The molecule has 1 aromatic carbocycles. The minimum Gasteiger partial charge on any atom is -0.313 e. The van der Waals surface area contributed by atoms with Crippen LogP contribution in [0.3, 0.4) is 0 Å². The van der Waals surface area contributed by atoms with Gasteiger partial charge in [0, 0.05) is 12.6 Å². The fourth-order valence-electron chi connectivity index (χ4n) is 4.39. The fourth-order valence-corrected chi connectivity index (χ4v) is 4.39. The van der Waals surface area contributed by atoms with Crippen molar-refractivity contribution in [3.63, 3.8) is 0 Å². The lowest BCUT2D eigenvalue weighted by Crippen LogP contribution is -2.40. The highest BCUT2D eigenvalue weighted by molar-refractivity contribution is 5.22. The Morgan fingerprint density at radius 3 is 2.40 bits per heavy atom. The lowest BCUT2D eigenvalue weighted by atomic mass is 9.79. The first kappa shape index (κ1) is 12.9. The molecular formula is C19H27N. The lowest BCUT2D eigenvalue weighted by Gasteiger charge is -2.34. The van der Waals surface area contributed by atoms with E-state index in [9.17, 15) is 0 Å². The molecule has 2 atom stereocenters. The number of hydrogen-bond acceptors (Lipinski definition) is 1. The molecule has 1 heteroatoms. The summed E-state index contributed by atoms with van der Waals surface area (Å²) in [5, 5.41) is 3.99. The Hall–Kier alpha value is -0.820. The molecule has 0 spiro atoms. The van der Waals surface area contributed by atoms with Crippen molar-refractivity contribution in [3.05, 3.63) is 35.9 Å². The largest absolute Gasteiger partial charge is 0.313 e. The van der Waals surface area contributed by atoms with Gasteiger partial charge in [-0.25, -0.2) is 0 Å². The smallest absolute Gasteiger partial charge is 0.0136 e. The van der Waals surface area contributed by atoms with E-state index < -0.39 is 0 Å². The fraction of sp³-hybridized carbons (Fsp3) is 0.684. The Balaban J connectivity index is 1.42. The van der Waals surface area contributed by atoms with Crippen molar-refractivity contribution >= 4 is 0 Å². The van der Waals surface area contributed by atoms with Crippen molar-refractivity contribution in [2.45, 2.75) is 63.3 Å². The molecule has 20 heavy (non-hydrogen) atoms. The maximum Gasteiger partial charge on any atom is 0.0136 e. The van der Waals surface area contributed by atoms with Crippen LogP contribution in [-0.2, 0) is 0 Å². The molecule has 0 aromatic heterocycles. The molecule has 1 aromatic rings. The maximum absolute atomic E-state index is 3.99. The van der Waals surface area contributed by atoms with Gasteiger partial charge < -0.3 is 5.32 Å². The molecule has 3 aliphatic rings. The van der Waals surface area contributed by atoms with Gasteiger partial charge >= 0.3 is 0 Å². The van der Waals surface area contributed by atoms with Crippen LogP contribution in [0.15, 0.2) is 30.3 Å². The minimum atomic E-state index is 0.724. The van der Waals surface area contributed by atoms with Crippen LogP contribution in [0.1, 0.15) is 62.8 Å². The van der Waals surface area contributed by atoms with Crippen molar-refractivity contribution in [2.75, 3.05) is 6.54 Å². The highest BCUT2D eigenvalue weighted by atomic mass is 15.0. The molecule has 0 heterocycles. The summed E-state index contributed by atoms with van der Waals surface area (Å²) in [7, 11) is 0. The summed E-state index contributed by atoms with van der Waals surface area (Å²) in [6, 6.07) is 11.9. The molecule has 4 rings (SSSR count). The Morgan fingerprint density at radius 2 is 1.70 bits per heavy atom. The maximum atomic E-state index is 3.99. The van der Waals surface area contributed by atoms with E-state index in [1.54, 1.807) is 5.56 Å². The van der Waals surface area contributed by atoms with Crippen molar-refractivity contribution in [3.8, 4) is 0 Å². The Labute approximate surface area is 123 Å². The second-order valence-corrected chi connectivity index (χ2v) is 7.43. The number of benzene rings is 1. The van der Waals surface area contributed by atoms with Gasteiger partial charge in [0.2, 0.25) is 0 Å². The van der Waals surface area contributed by atoms with Gasteiger partial charge in [-0.2, -0.15) is 0 Å². The van der Waals surface area contributed by atoms with E-state index in [0.29, 0.717) is 0 Å². The van der Waals surface area contributed by atoms with Crippen LogP contribution in [0.25, 0.3) is 0 Å². The van der Waals surface area contributed by atoms with E-state index in [1.807, 2.05) is 0 Å². The SMILES string of the molecule is c1ccc(C2CCCCC2NCC2(C3CC3)CC2)cc1. The van der Waals surface area contributed by atoms with Crippen LogP contribution in [0.5, 0.6) is 0 Å². The van der Waals surface area contributed by atoms with Crippen LogP contribution in [-0.4, -0.2) is 12.6 Å². The number of hydrogen-bond donors (Lipinski definition) is 1. The summed E-state index contributed by atoms with van der Waals surface area (Å²) >= 11 is 0. The number of nitrogens with one attached hydrogen (secondary N) is 1. The molecule has 1 nitrogen and oxygen atoms in total. The molecule has 0 radical (unpaired) electrons. The van der Waals surface area contributed by atoms with E-state index >= 15 is 0 Å². The molecule has 0 saturated heterocycles. The normalized spacial score (nSPS) is 32.0. The van der Waals surface area contributed by atoms with Crippen LogP contribution >= 0.6 is 0 Å².